The molecular formula is C23H34O4. The van der Waals surface area contributed by atoms with Gasteiger partial charge in [0.2, 0.25) is 0 Å². The number of carbonyl (C=O) groups is 1. The molecule has 0 bridgehead atoms. The van der Waals surface area contributed by atoms with E-state index < -0.39 is 6.16 Å². The summed E-state index contributed by atoms with van der Waals surface area (Å²) in [5.74, 6) is 2.60. The van der Waals surface area contributed by atoms with E-state index in [-0.39, 0.29) is 6.10 Å². The molecule has 3 rings (SSSR count). The highest BCUT2D eigenvalue weighted by molar-refractivity contribution is 5.61. The highest BCUT2D eigenvalue weighted by atomic mass is 16.8. The second-order valence-corrected chi connectivity index (χ2v) is 8.07. The van der Waals surface area contributed by atoms with Crippen LogP contribution in [0.25, 0.3) is 0 Å². The largest absolute Gasteiger partial charge is 0.508 e. The number of unbranched alkanes of at least 4 members (excludes halogenated alkanes) is 2. The van der Waals surface area contributed by atoms with Crippen molar-refractivity contribution in [1.82, 2.24) is 0 Å². The third-order valence-electron chi connectivity index (χ3n) is 6.00. The van der Waals surface area contributed by atoms with Crippen LogP contribution in [0.2, 0.25) is 0 Å². The van der Waals surface area contributed by atoms with Gasteiger partial charge in [-0.1, -0.05) is 44.7 Å². The summed E-state index contributed by atoms with van der Waals surface area (Å²) in [6.07, 6.45) is 12.0. The normalized spacial score (nSPS) is 25.1. The molecule has 2 aliphatic rings. The first-order valence-corrected chi connectivity index (χ1v) is 10.8. The number of hydrogen-bond acceptors (Lipinski definition) is 4. The van der Waals surface area contributed by atoms with Crippen LogP contribution in [0.3, 0.4) is 0 Å². The molecule has 0 spiro atoms. The molecule has 4 heteroatoms. The van der Waals surface area contributed by atoms with E-state index in [1.54, 1.807) is 0 Å². The lowest BCUT2D eigenvalue weighted by molar-refractivity contribution is 0.114. The minimum absolute atomic E-state index is 0.111. The van der Waals surface area contributed by atoms with Crippen molar-refractivity contribution < 1.29 is 19.0 Å². The SMILES string of the molecule is CCCCCC1CCC(c2ccc(OCCCC3COC(=O)O3)cc2)CC1. The minimum atomic E-state index is -0.550. The zero-order chi connectivity index (χ0) is 18.9. The van der Waals surface area contributed by atoms with Gasteiger partial charge >= 0.3 is 6.16 Å². The van der Waals surface area contributed by atoms with Crippen LogP contribution < -0.4 is 4.74 Å². The van der Waals surface area contributed by atoms with E-state index in [0.717, 1.165) is 30.4 Å². The molecule has 1 saturated carbocycles. The van der Waals surface area contributed by atoms with Crippen LogP contribution in [0, 0.1) is 5.92 Å². The summed E-state index contributed by atoms with van der Waals surface area (Å²) in [4.78, 5) is 10.9. The molecule has 1 aromatic carbocycles. The van der Waals surface area contributed by atoms with Gasteiger partial charge in [-0.25, -0.2) is 4.79 Å². The van der Waals surface area contributed by atoms with E-state index in [2.05, 4.69) is 31.2 Å². The van der Waals surface area contributed by atoms with Crippen LogP contribution in [0.4, 0.5) is 4.79 Å². The maximum atomic E-state index is 10.9. The van der Waals surface area contributed by atoms with Crippen LogP contribution in [0.1, 0.15) is 82.6 Å². The predicted octanol–water partition coefficient (Wildman–Crippen LogP) is 6.24. The molecule has 2 fully saturated rings. The molecule has 1 unspecified atom stereocenters. The molecule has 0 radical (unpaired) electrons. The smallest absolute Gasteiger partial charge is 0.494 e. The van der Waals surface area contributed by atoms with Gasteiger partial charge in [0, 0.05) is 0 Å². The van der Waals surface area contributed by atoms with Gasteiger partial charge in [-0.05, 0) is 68.1 Å². The summed E-state index contributed by atoms with van der Waals surface area (Å²) in [5, 5.41) is 0. The van der Waals surface area contributed by atoms with Crippen LogP contribution in [-0.4, -0.2) is 25.5 Å². The molecule has 1 atom stereocenters. The molecular weight excluding hydrogens is 340 g/mol. The highest BCUT2D eigenvalue weighted by Gasteiger charge is 2.24. The van der Waals surface area contributed by atoms with Crippen LogP contribution in [-0.2, 0) is 9.47 Å². The Kier molecular flexibility index (Phi) is 7.85. The van der Waals surface area contributed by atoms with E-state index in [4.69, 9.17) is 14.2 Å². The zero-order valence-electron chi connectivity index (χ0n) is 16.7. The number of ether oxygens (including phenoxy) is 3. The second-order valence-electron chi connectivity index (χ2n) is 8.07. The van der Waals surface area contributed by atoms with Crippen molar-refractivity contribution in [3.63, 3.8) is 0 Å². The van der Waals surface area contributed by atoms with Gasteiger partial charge in [0.15, 0.2) is 0 Å². The third kappa shape index (κ3) is 6.44. The summed E-state index contributed by atoms with van der Waals surface area (Å²) in [7, 11) is 0. The Labute approximate surface area is 163 Å². The van der Waals surface area contributed by atoms with E-state index in [1.165, 1.54) is 56.9 Å². The highest BCUT2D eigenvalue weighted by Crippen LogP contribution is 2.38. The fourth-order valence-corrected chi connectivity index (χ4v) is 4.31. The number of cyclic esters (lactones) is 2. The van der Waals surface area contributed by atoms with Crippen LogP contribution >= 0.6 is 0 Å². The summed E-state index contributed by atoms with van der Waals surface area (Å²) < 4.78 is 15.6. The number of hydrogen-bond donors (Lipinski definition) is 0. The van der Waals surface area contributed by atoms with Crippen molar-refractivity contribution in [1.29, 1.82) is 0 Å². The first kappa shape index (κ1) is 20.0. The fraction of sp³-hybridized carbons (Fsp3) is 0.696. The average molecular weight is 375 g/mol. The Morgan fingerprint density at radius 2 is 1.78 bits per heavy atom. The molecule has 1 aliphatic carbocycles. The first-order valence-electron chi connectivity index (χ1n) is 10.8. The maximum Gasteiger partial charge on any atom is 0.508 e. The molecule has 0 amide bonds. The lowest BCUT2D eigenvalue weighted by atomic mass is 9.77. The minimum Gasteiger partial charge on any atom is -0.494 e. The Morgan fingerprint density at radius 3 is 2.44 bits per heavy atom. The van der Waals surface area contributed by atoms with Crippen molar-refractivity contribution in [2.24, 2.45) is 5.92 Å². The number of rotatable bonds is 10. The molecule has 27 heavy (non-hydrogen) atoms. The zero-order valence-corrected chi connectivity index (χ0v) is 16.7. The van der Waals surface area contributed by atoms with Crippen molar-refractivity contribution in [3.8, 4) is 5.75 Å². The fourth-order valence-electron chi connectivity index (χ4n) is 4.31. The van der Waals surface area contributed by atoms with Crippen molar-refractivity contribution in [2.75, 3.05) is 13.2 Å². The first-order chi connectivity index (χ1) is 13.2. The number of carbonyl (C=O) groups excluding carboxylic acids is 1. The van der Waals surface area contributed by atoms with Gasteiger partial charge in [-0.15, -0.1) is 0 Å². The van der Waals surface area contributed by atoms with Crippen molar-refractivity contribution >= 4 is 6.16 Å². The quantitative estimate of drug-likeness (QED) is 0.359. The monoisotopic (exact) mass is 374 g/mol. The molecule has 1 aromatic rings. The Morgan fingerprint density at radius 1 is 1.00 bits per heavy atom. The van der Waals surface area contributed by atoms with Gasteiger partial charge < -0.3 is 14.2 Å². The topological polar surface area (TPSA) is 44.8 Å². The standard InChI is InChI=1S/C23H34O4/c1-2-3-4-6-18-8-10-19(11-9-18)20-12-14-21(15-13-20)25-16-5-7-22-17-26-23(24)27-22/h12-15,18-19,22H,2-11,16-17H2,1H3. The van der Waals surface area contributed by atoms with E-state index in [0.29, 0.717) is 13.2 Å². The predicted molar refractivity (Wildman–Crippen MR) is 106 cm³/mol. The van der Waals surface area contributed by atoms with Gasteiger partial charge in [-0.3, -0.25) is 0 Å². The lowest BCUT2D eigenvalue weighted by Gasteiger charge is -2.29. The van der Waals surface area contributed by atoms with Crippen LogP contribution in [0.5, 0.6) is 5.75 Å². The molecule has 0 N–H and O–H groups in total. The molecule has 150 valence electrons. The maximum absolute atomic E-state index is 10.9. The Bertz CT molecular complexity index is 560. The third-order valence-corrected chi connectivity index (χ3v) is 6.00. The molecule has 1 saturated heterocycles. The summed E-state index contributed by atoms with van der Waals surface area (Å²) >= 11 is 0. The lowest BCUT2D eigenvalue weighted by Crippen LogP contribution is -2.13. The molecule has 0 aromatic heterocycles. The van der Waals surface area contributed by atoms with Gasteiger partial charge in [0.05, 0.1) is 6.61 Å². The summed E-state index contributed by atoms with van der Waals surface area (Å²) in [5.41, 5.74) is 1.46. The van der Waals surface area contributed by atoms with E-state index in [9.17, 15) is 4.79 Å². The Hall–Kier alpha value is -1.71. The summed E-state index contributed by atoms with van der Waals surface area (Å²) in [6, 6.07) is 8.68. The molecule has 1 heterocycles. The average Bonchev–Trinajstić information content (AvgIpc) is 3.12. The van der Waals surface area contributed by atoms with Crippen molar-refractivity contribution in [2.45, 2.75) is 83.2 Å². The Balaban J connectivity index is 1.33. The van der Waals surface area contributed by atoms with E-state index >= 15 is 0 Å². The molecule has 4 nitrogen and oxygen atoms in total. The van der Waals surface area contributed by atoms with E-state index in [1.807, 2.05) is 0 Å². The second kappa shape index (κ2) is 10.6. The van der Waals surface area contributed by atoms with Crippen LogP contribution in [0.15, 0.2) is 24.3 Å². The van der Waals surface area contributed by atoms with Gasteiger partial charge in [0.25, 0.3) is 0 Å². The molecule has 1 aliphatic heterocycles. The van der Waals surface area contributed by atoms with Gasteiger partial charge in [-0.2, -0.15) is 0 Å². The van der Waals surface area contributed by atoms with Crippen molar-refractivity contribution in [3.05, 3.63) is 29.8 Å². The number of benzene rings is 1. The summed E-state index contributed by atoms with van der Waals surface area (Å²) in [6.45, 7) is 3.29. The van der Waals surface area contributed by atoms with Gasteiger partial charge in [0.1, 0.15) is 18.5 Å².